The Bertz CT molecular complexity index is 261. The number of methoxy groups -OCH3 is 1. The number of rotatable bonds is 8. The lowest BCUT2D eigenvalue weighted by Crippen LogP contribution is -2.64. The van der Waals surface area contributed by atoms with Gasteiger partial charge in [-0.3, -0.25) is 4.90 Å². The van der Waals surface area contributed by atoms with Gasteiger partial charge in [-0.25, -0.2) is 0 Å². The van der Waals surface area contributed by atoms with Crippen LogP contribution in [0.2, 0.25) is 0 Å². The predicted octanol–water partition coefficient (Wildman–Crippen LogP) is 2.66. The van der Waals surface area contributed by atoms with Crippen LogP contribution in [0.5, 0.6) is 0 Å². The molecule has 1 atom stereocenters. The van der Waals surface area contributed by atoms with E-state index in [1.54, 1.807) is 7.11 Å². The largest absolute Gasteiger partial charge is 0.385 e. The van der Waals surface area contributed by atoms with Gasteiger partial charge < -0.3 is 10.1 Å². The predicted molar refractivity (Wildman–Crippen MR) is 80.5 cm³/mol. The summed E-state index contributed by atoms with van der Waals surface area (Å²) in [5.74, 6) is 0.966. The van der Waals surface area contributed by atoms with Crippen LogP contribution in [0.15, 0.2) is 0 Å². The van der Waals surface area contributed by atoms with E-state index in [1.165, 1.54) is 58.2 Å². The van der Waals surface area contributed by atoms with Crippen molar-refractivity contribution in [2.75, 3.05) is 33.4 Å². The lowest BCUT2D eigenvalue weighted by atomic mass is 9.86. The van der Waals surface area contributed by atoms with Gasteiger partial charge >= 0.3 is 0 Å². The molecule has 0 aromatic carbocycles. The highest BCUT2D eigenvalue weighted by Gasteiger charge is 2.42. The zero-order chi connectivity index (χ0) is 13.7. The van der Waals surface area contributed by atoms with Crippen LogP contribution in [0, 0.1) is 5.92 Å². The third-order valence-electron chi connectivity index (χ3n) is 5.31. The third-order valence-corrected chi connectivity index (χ3v) is 5.31. The van der Waals surface area contributed by atoms with E-state index in [4.69, 9.17) is 4.74 Å². The van der Waals surface area contributed by atoms with Crippen LogP contribution < -0.4 is 5.32 Å². The van der Waals surface area contributed by atoms with Gasteiger partial charge in [-0.2, -0.15) is 0 Å². The van der Waals surface area contributed by atoms with Crippen molar-refractivity contribution in [1.82, 2.24) is 10.2 Å². The van der Waals surface area contributed by atoms with Gasteiger partial charge in [0.15, 0.2) is 0 Å². The zero-order valence-electron chi connectivity index (χ0n) is 13.1. The van der Waals surface area contributed by atoms with E-state index in [1.807, 2.05) is 0 Å². The Kier molecular flexibility index (Phi) is 5.67. The Morgan fingerprint density at radius 3 is 2.53 bits per heavy atom. The van der Waals surface area contributed by atoms with Crippen LogP contribution >= 0.6 is 0 Å². The van der Waals surface area contributed by atoms with Gasteiger partial charge in [-0.05, 0) is 51.0 Å². The summed E-state index contributed by atoms with van der Waals surface area (Å²) in [6.45, 7) is 9.31. The lowest BCUT2D eigenvalue weighted by Gasteiger charge is -2.50. The molecule has 0 radical (unpaired) electrons. The van der Waals surface area contributed by atoms with Crippen molar-refractivity contribution in [3.05, 3.63) is 0 Å². The molecule has 1 saturated carbocycles. The van der Waals surface area contributed by atoms with E-state index >= 15 is 0 Å². The van der Waals surface area contributed by atoms with Crippen molar-refractivity contribution < 1.29 is 4.74 Å². The molecule has 1 aliphatic heterocycles. The Labute approximate surface area is 119 Å². The minimum Gasteiger partial charge on any atom is -0.385 e. The number of unbranched alkanes of at least 4 members (excludes halogenated alkanes) is 1. The monoisotopic (exact) mass is 268 g/mol. The molecule has 1 aliphatic carbocycles. The average Bonchev–Trinajstić information content (AvgIpc) is 3.28. The minimum atomic E-state index is 0.401. The van der Waals surface area contributed by atoms with E-state index in [0.717, 1.165) is 18.6 Å². The number of piperazine rings is 1. The molecule has 112 valence electrons. The maximum absolute atomic E-state index is 5.17. The summed E-state index contributed by atoms with van der Waals surface area (Å²) in [7, 11) is 1.80. The van der Waals surface area contributed by atoms with Gasteiger partial charge in [0.05, 0.1) is 0 Å². The molecule has 0 aromatic rings. The van der Waals surface area contributed by atoms with Crippen molar-refractivity contribution in [3.8, 4) is 0 Å². The highest BCUT2D eigenvalue weighted by atomic mass is 16.5. The molecular weight excluding hydrogens is 236 g/mol. The first-order chi connectivity index (χ1) is 9.25. The fourth-order valence-corrected chi connectivity index (χ4v) is 3.57. The highest BCUT2D eigenvalue weighted by Crippen LogP contribution is 2.37. The van der Waals surface area contributed by atoms with Gasteiger partial charge in [-0.15, -0.1) is 0 Å². The lowest BCUT2D eigenvalue weighted by molar-refractivity contribution is 0.0245. The number of hydrogen-bond acceptors (Lipinski definition) is 3. The molecule has 3 heteroatoms. The van der Waals surface area contributed by atoms with Crippen LogP contribution in [0.25, 0.3) is 0 Å². The van der Waals surface area contributed by atoms with Crippen molar-refractivity contribution in [3.63, 3.8) is 0 Å². The molecule has 19 heavy (non-hydrogen) atoms. The summed E-state index contributed by atoms with van der Waals surface area (Å²) >= 11 is 0. The van der Waals surface area contributed by atoms with Crippen LogP contribution in [-0.2, 0) is 4.74 Å². The maximum atomic E-state index is 5.17. The SMILES string of the molecule is CCC1(CC)CNC(C2CC2)CN1CCCCOC. The zero-order valence-corrected chi connectivity index (χ0v) is 13.1. The molecule has 0 aromatic heterocycles. The smallest absolute Gasteiger partial charge is 0.0462 e. The molecule has 1 unspecified atom stereocenters. The summed E-state index contributed by atoms with van der Waals surface area (Å²) in [5.41, 5.74) is 0.401. The van der Waals surface area contributed by atoms with Crippen molar-refractivity contribution >= 4 is 0 Å². The second kappa shape index (κ2) is 7.05. The molecule has 1 saturated heterocycles. The van der Waals surface area contributed by atoms with Crippen molar-refractivity contribution in [1.29, 1.82) is 0 Å². The molecule has 1 N–H and O–H groups in total. The van der Waals surface area contributed by atoms with Crippen LogP contribution in [0.1, 0.15) is 52.4 Å². The first-order valence-corrected chi connectivity index (χ1v) is 8.23. The van der Waals surface area contributed by atoms with Crippen LogP contribution in [0.4, 0.5) is 0 Å². The molecule has 0 spiro atoms. The molecule has 0 amide bonds. The van der Waals surface area contributed by atoms with Crippen LogP contribution in [0.3, 0.4) is 0 Å². The molecule has 1 heterocycles. The van der Waals surface area contributed by atoms with Gasteiger partial charge in [0.25, 0.3) is 0 Å². The number of nitrogens with one attached hydrogen (secondary N) is 1. The number of ether oxygens (including phenoxy) is 1. The van der Waals surface area contributed by atoms with E-state index in [9.17, 15) is 0 Å². The molecule has 0 bridgehead atoms. The number of hydrogen-bond donors (Lipinski definition) is 1. The van der Waals surface area contributed by atoms with Gasteiger partial charge in [0.2, 0.25) is 0 Å². The topological polar surface area (TPSA) is 24.5 Å². The second-order valence-corrected chi connectivity index (χ2v) is 6.40. The first-order valence-electron chi connectivity index (χ1n) is 8.23. The fourth-order valence-electron chi connectivity index (χ4n) is 3.57. The minimum absolute atomic E-state index is 0.401. The first kappa shape index (κ1) is 15.3. The molecule has 2 fully saturated rings. The summed E-state index contributed by atoms with van der Waals surface area (Å²) < 4.78 is 5.17. The van der Waals surface area contributed by atoms with Gasteiger partial charge in [-0.1, -0.05) is 13.8 Å². The normalized spacial score (nSPS) is 27.6. The summed E-state index contributed by atoms with van der Waals surface area (Å²) in [4.78, 5) is 2.79. The van der Waals surface area contributed by atoms with E-state index in [2.05, 4.69) is 24.1 Å². The Hall–Kier alpha value is -0.120. The summed E-state index contributed by atoms with van der Waals surface area (Å²) in [6.07, 6.45) is 7.88. The van der Waals surface area contributed by atoms with E-state index < -0.39 is 0 Å². The van der Waals surface area contributed by atoms with E-state index in [-0.39, 0.29) is 0 Å². The Morgan fingerprint density at radius 1 is 1.21 bits per heavy atom. The second-order valence-electron chi connectivity index (χ2n) is 6.40. The quantitative estimate of drug-likeness (QED) is 0.685. The summed E-state index contributed by atoms with van der Waals surface area (Å²) in [5, 5.41) is 3.84. The molecule has 3 nitrogen and oxygen atoms in total. The standard InChI is InChI=1S/C16H32N2O/c1-4-16(5-2)13-17-15(14-8-9-14)12-18(16)10-6-7-11-19-3/h14-15,17H,4-13H2,1-3H3. The van der Waals surface area contributed by atoms with Crippen molar-refractivity contribution in [2.45, 2.75) is 64.0 Å². The molecule has 2 rings (SSSR count). The third kappa shape index (κ3) is 3.71. The Morgan fingerprint density at radius 2 is 1.95 bits per heavy atom. The Balaban J connectivity index is 1.89. The van der Waals surface area contributed by atoms with Crippen LogP contribution in [-0.4, -0.2) is 49.8 Å². The molecular formula is C16H32N2O. The highest BCUT2D eigenvalue weighted by molar-refractivity contribution is 5.01. The van der Waals surface area contributed by atoms with Crippen molar-refractivity contribution in [2.24, 2.45) is 5.92 Å². The van der Waals surface area contributed by atoms with Gasteiger partial charge in [0, 0.05) is 38.4 Å². The molecule has 2 aliphatic rings. The number of nitrogens with zero attached hydrogens (tertiary/aromatic N) is 1. The average molecular weight is 268 g/mol. The van der Waals surface area contributed by atoms with Gasteiger partial charge in [0.1, 0.15) is 0 Å². The van der Waals surface area contributed by atoms with E-state index in [0.29, 0.717) is 5.54 Å². The fraction of sp³-hybridized carbons (Fsp3) is 1.00. The summed E-state index contributed by atoms with van der Waals surface area (Å²) in [6, 6.07) is 0.758. The maximum Gasteiger partial charge on any atom is 0.0462 e.